The van der Waals surface area contributed by atoms with Gasteiger partial charge in [0, 0.05) is 11.3 Å². The molecule has 1 atom stereocenters. The quantitative estimate of drug-likeness (QED) is 0.703. The molecule has 138 valence electrons. The van der Waals surface area contributed by atoms with Crippen LogP contribution in [0.5, 0.6) is 0 Å². The zero-order chi connectivity index (χ0) is 19.3. The number of halogens is 3. The number of hydrogen-bond donors (Lipinski definition) is 1. The van der Waals surface area contributed by atoms with Gasteiger partial charge in [0.15, 0.2) is 5.78 Å². The number of thioether (sulfide) groups is 1. The minimum absolute atomic E-state index is 0.147. The average Bonchev–Trinajstić information content (AvgIpc) is 2.59. The summed E-state index contributed by atoms with van der Waals surface area (Å²) in [5, 5.41) is 2.29. The highest BCUT2D eigenvalue weighted by Gasteiger charge is 2.29. The molecule has 1 amide bonds. The van der Waals surface area contributed by atoms with Gasteiger partial charge in [-0.1, -0.05) is 24.3 Å². The molecular formula is C19H18F3NO2S. The fourth-order valence-electron chi connectivity index (χ4n) is 2.22. The van der Waals surface area contributed by atoms with Crippen LogP contribution in [0.25, 0.3) is 0 Å². The van der Waals surface area contributed by atoms with Crippen LogP contribution in [0.3, 0.4) is 0 Å². The van der Waals surface area contributed by atoms with Crippen LogP contribution >= 0.6 is 11.8 Å². The summed E-state index contributed by atoms with van der Waals surface area (Å²) in [5.74, 6) is -0.0114. The van der Waals surface area contributed by atoms with Gasteiger partial charge in [0.05, 0.1) is 16.5 Å². The Morgan fingerprint density at radius 2 is 1.69 bits per heavy atom. The number of alkyl halides is 3. The maximum absolute atomic E-state index is 12.6. The third kappa shape index (κ3) is 5.36. The highest BCUT2D eigenvalue weighted by molar-refractivity contribution is 7.99. The Morgan fingerprint density at radius 3 is 2.27 bits per heavy atom. The molecule has 0 saturated carbocycles. The second-order valence-corrected chi connectivity index (χ2v) is 7.07. The summed E-state index contributed by atoms with van der Waals surface area (Å²) < 4.78 is 37.7. The number of benzene rings is 2. The number of amides is 1. The number of rotatable bonds is 6. The fourth-order valence-corrected chi connectivity index (χ4v) is 3.07. The molecule has 0 aliphatic heterocycles. The lowest BCUT2D eigenvalue weighted by Gasteiger charge is -2.14. The van der Waals surface area contributed by atoms with Crippen molar-refractivity contribution in [2.75, 3.05) is 5.32 Å². The van der Waals surface area contributed by atoms with Crippen LogP contribution in [0.2, 0.25) is 0 Å². The van der Waals surface area contributed by atoms with E-state index in [4.69, 9.17) is 0 Å². The lowest BCUT2D eigenvalue weighted by molar-refractivity contribution is -0.137. The SMILES string of the molecule is CC(=O)c1ccccc1NC(=O)[C@@H](C)SCc1ccc(C(F)(F)F)cc1. The Hall–Kier alpha value is -2.28. The van der Waals surface area contributed by atoms with Gasteiger partial charge in [-0.25, -0.2) is 0 Å². The first-order valence-corrected chi connectivity index (χ1v) is 8.92. The molecule has 0 fully saturated rings. The van der Waals surface area contributed by atoms with Gasteiger partial charge in [-0.15, -0.1) is 11.8 Å². The molecule has 0 aliphatic rings. The molecule has 2 aromatic rings. The van der Waals surface area contributed by atoms with Gasteiger partial charge in [-0.3, -0.25) is 9.59 Å². The number of hydrogen-bond acceptors (Lipinski definition) is 3. The van der Waals surface area contributed by atoms with Crippen molar-refractivity contribution >= 4 is 29.1 Å². The second-order valence-electron chi connectivity index (χ2n) is 5.74. The van der Waals surface area contributed by atoms with Gasteiger partial charge in [0.1, 0.15) is 0 Å². The molecule has 0 heterocycles. The number of para-hydroxylation sites is 1. The molecule has 0 aliphatic carbocycles. The predicted octanol–water partition coefficient (Wildman–Crippen LogP) is 5.17. The van der Waals surface area contributed by atoms with Crippen molar-refractivity contribution in [1.82, 2.24) is 0 Å². The van der Waals surface area contributed by atoms with Gasteiger partial charge in [-0.2, -0.15) is 13.2 Å². The van der Waals surface area contributed by atoms with E-state index in [2.05, 4.69) is 5.32 Å². The summed E-state index contributed by atoms with van der Waals surface area (Å²) in [7, 11) is 0. The zero-order valence-electron chi connectivity index (χ0n) is 14.3. The molecule has 7 heteroatoms. The molecule has 2 aromatic carbocycles. The van der Waals surface area contributed by atoms with E-state index in [1.807, 2.05) is 0 Å². The number of carbonyl (C=O) groups excluding carboxylic acids is 2. The molecule has 0 bridgehead atoms. The molecular weight excluding hydrogens is 363 g/mol. The zero-order valence-corrected chi connectivity index (χ0v) is 15.1. The first-order valence-electron chi connectivity index (χ1n) is 7.87. The van der Waals surface area contributed by atoms with E-state index in [1.165, 1.54) is 30.8 Å². The van der Waals surface area contributed by atoms with Crippen LogP contribution in [0, 0.1) is 0 Å². The van der Waals surface area contributed by atoms with E-state index in [1.54, 1.807) is 31.2 Å². The normalized spacial score (nSPS) is 12.5. The third-order valence-electron chi connectivity index (χ3n) is 3.71. The highest BCUT2D eigenvalue weighted by Crippen LogP contribution is 2.30. The van der Waals surface area contributed by atoms with Gasteiger partial charge < -0.3 is 5.32 Å². The molecule has 2 rings (SSSR count). The van der Waals surface area contributed by atoms with Crippen molar-refractivity contribution < 1.29 is 22.8 Å². The van der Waals surface area contributed by atoms with Gasteiger partial charge in [0.25, 0.3) is 0 Å². The minimum Gasteiger partial charge on any atom is -0.324 e. The van der Waals surface area contributed by atoms with E-state index in [0.717, 1.165) is 12.1 Å². The minimum atomic E-state index is -4.36. The molecule has 0 radical (unpaired) electrons. The first kappa shape index (κ1) is 20.0. The van der Waals surface area contributed by atoms with E-state index in [-0.39, 0.29) is 11.7 Å². The molecule has 0 aromatic heterocycles. The number of nitrogens with one attached hydrogen (secondary N) is 1. The summed E-state index contributed by atoms with van der Waals surface area (Å²) in [4.78, 5) is 23.9. The smallest absolute Gasteiger partial charge is 0.324 e. The van der Waals surface area contributed by atoms with E-state index in [0.29, 0.717) is 22.6 Å². The van der Waals surface area contributed by atoms with E-state index >= 15 is 0 Å². The highest BCUT2D eigenvalue weighted by atomic mass is 32.2. The number of ketones is 1. The lowest BCUT2D eigenvalue weighted by Crippen LogP contribution is -2.23. The molecule has 26 heavy (non-hydrogen) atoms. The van der Waals surface area contributed by atoms with Crippen LogP contribution in [-0.4, -0.2) is 16.9 Å². The Bertz CT molecular complexity index is 788. The predicted molar refractivity (Wildman–Crippen MR) is 97.3 cm³/mol. The largest absolute Gasteiger partial charge is 0.416 e. The number of Topliss-reactive ketones (excluding diaryl/α,β-unsaturated/α-hetero) is 1. The number of anilines is 1. The van der Waals surface area contributed by atoms with Gasteiger partial charge >= 0.3 is 6.18 Å². The second kappa shape index (κ2) is 8.40. The fraction of sp³-hybridized carbons (Fsp3) is 0.263. The van der Waals surface area contributed by atoms with Crippen molar-refractivity contribution in [2.24, 2.45) is 0 Å². The Kier molecular flexibility index (Phi) is 6.47. The molecule has 0 spiro atoms. The van der Waals surface area contributed by atoms with Crippen LogP contribution in [0.1, 0.15) is 35.3 Å². The molecule has 0 unspecified atom stereocenters. The number of carbonyl (C=O) groups is 2. The topological polar surface area (TPSA) is 46.2 Å². The molecule has 1 N–H and O–H groups in total. The summed E-state index contributed by atoms with van der Waals surface area (Å²) in [6.07, 6.45) is -4.36. The Morgan fingerprint density at radius 1 is 1.08 bits per heavy atom. The van der Waals surface area contributed by atoms with Crippen molar-refractivity contribution in [3.05, 3.63) is 65.2 Å². The van der Waals surface area contributed by atoms with Crippen LogP contribution < -0.4 is 5.32 Å². The maximum Gasteiger partial charge on any atom is 0.416 e. The monoisotopic (exact) mass is 381 g/mol. The summed E-state index contributed by atoms with van der Waals surface area (Å²) in [6.45, 7) is 3.13. The van der Waals surface area contributed by atoms with E-state index < -0.39 is 17.0 Å². The van der Waals surface area contributed by atoms with Gasteiger partial charge in [0.2, 0.25) is 5.91 Å². The average molecular weight is 381 g/mol. The van der Waals surface area contributed by atoms with E-state index in [9.17, 15) is 22.8 Å². The van der Waals surface area contributed by atoms with Crippen LogP contribution in [-0.2, 0) is 16.7 Å². The van der Waals surface area contributed by atoms with Crippen LogP contribution in [0.15, 0.2) is 48.5 Å². The van der Waals surface area contributed by atoms with Gasteiger partial charge in [-0.05, 0) is 43.7 Å². The van der Waals surface area contributed by atoms with Crippen molar-refractivity contribution in [3.8, 4) is 0 Å². The van der Waals surface area contributed by atoms with Crippen molar-refractivity contribution in [1.29, 1.82) is 0 Å². The lowest BCUT2D eigenvalue weighted by atomic mass is 10.1. The maximum atomic E-state index is 12.6. The standard InChI is InChI=1S/C19H18F3NO2S/c1-12(24)16-5-3-4-6-17(16)23-18(25)13(2)26-11-14-7-9-15(10-8-14)19(20,21)22/h3-10,13H,11H2,1-2H3,(H,23,25)/t13-/m1/s1. The Labute approximate surface area is 154 Å². The Balaban J connectivity index is 1.95. The third-order valence-corrected chi connectivity index (χ3v) is 4.93. The first-order chi connectivity index (χ1) is 12.2. The molecule has 3 nitrogen and oxygen atoms in total. The van der Waals surface area contributed by atoms with Crippen LogP contribution in [0.4, 0.5) is 18.9 Å². The van der Waals surface area contributed by atoms with Crippen molar-refractivity contribution in [3.63, 3.8) is 0 Å². The molecule has 0 saturated heterocycles. The summed E-state index contributed by atoms with van der Waals surface area (Å²) in [5.41, 5.74) is 0.887. The van der Waals surface area contributed by atoms with Crippen molar-refractivity contribution in [2.45, 2.75) is 31.0 Å². The summed E-state index contributed by atoms with van der Waals surface area (Å²) >= 11 is 1.31. The summed E-state index contributed by atoms with van der Waals surface area (Å²) in [6, 6.07) is 11.6.